The highest BCUT2D eigenvalue weighted by Crippen LogP contribution is 2.23. The molecule has 2 aliphatic heterocycles. The van der Waals surface area contributed by atoms with Crippen molar-refractivity contribution in [1.82, 2.24) is 20.1 Å². The molecule has 0 amide bonds. The van der Waals surface area contributed by atoms with Crippen LogP contribution in [-0.2, 0) is 14.3 Å². The average molecular weight is 629 g/mol. The number of esters is 1. The second-order valence-corrected chi connectivity index (χ2v) is 10.9. The molecule has 4 rings (SSSR count). The highest BCUT2D eigenvalue weighted by Gasteiger charge is 2.32. The molecule has 13 heteroatoms. The molecule has 1 saturated heterocycles. The van der Waals surface area contributed by atoms with Crippen LogP contribution in [0.2, 0.25) is 0 Å². The lowest BCUT2D eigenvalue weighted by atomic mass is 9.99. The summed E-state index contributed by atoms with van der Waals surface area (Å²) in [5.74, 6) is -0.982. The van der Waals surface area contributed by atoms with Gasteiger partial charge in [0.15, 0.2) is 10.8 Å². The minimum atomic E-state index is -0.969. The van der Waals surface area contributed by atoms with Crippen molar-refractivity contribution in [1.29, 1.82) is 0 Å². The SMILES string of the molecule is CCOC(=O)C1=C(CN2CC(F)CCC2CN(C)CC(=O)O)NC(c2nccs2)=NC1.Fc1cccc(Br)c1. The van der Waals surface area contributed by atoms with Gasteiger partial charge in [0.25, 0.3) is 0 Å². The predicted molar refractivity (Wildman–Crippen MR) is 149 cm³/mol. The standard InChI is InChI=1S/C20H28FN5O4S.C6H4BrF/c1-3-30-20(29)15-8-23-18(19-22-6-7-31-19)24-16(15)11-26-9-13(21)4-5-14(26)10-25(2)12-17(27)28;7-5-2-1-3-6(8)4-5/h6-7,13-14H,3-5,8-12H2,1-2H3,(H,23,24)(H,27,28);1-4H. The Bertz CT molecular complexity index is 1160. The molecule has 2 atom stereocenters. The second-order valence-electron chi connectivity index (χ2n) is 9.09. The van der Waals surface area contributed by atoms with Crippen LogP contribution < -0.4 is 5.32 Å². The van der Waals surface area contributed by atoms with E-state index in [-0.39, 0.29) is 38.1 Å². The third-order valence-corrected chi connectivity index (χ3v) is 7.30. The highest BCUT2D eigenvalue weighted by atomic mass is 79.9. The van der Waals surface area contributed by atoms with E-state index in [1.54, 1.807) is 37.2 Å². The molecule has 3 heterocycles. The number of nitrogens with zero attached hydrogens (tertiary/aromatic N) is 4. The predicted octanol–water partition coefficient (Wildman–Crippen LogP) is 3.72. The van der Waals surface area contributed by atoms with Crippen LogP contribution in [0.15, 0.2) is 56.6 Å². The summed E-state index contributed by atoms with van der Waals surface area (Å²) < 4.78 is 32.4. The van der Waals surface area contributed by atoms with Gasteiger partial charge in [-0.1, -0.05) is 22.0 Å². The summed E-state index contributed by atoms with van der Waals surface area (Å²) in [6.45, 7) is 3.09. The van der Waals surface area contributed by atoms with Crippen molar-refractivity contribution in [3.05, 3.63) is 62.4 Å². The second kappa shape index (κ2) is 15.2. The first kappa shape index (κ1) is 30.8. The number of carboxylic acid groups (broad SMARTS) is 1. The molecular weight excluding hydrogens is 596 g/mol. The number of carbonyl (C=O) groups is 2. The molecule has 1 fully saturated rings. The third kappa shape index (κ3) is 9.75. The first-order valence-corrected chi connectivity index (χ1v) is 14.1. The fourth-order valence-electron chi connectivity index (χ4n) is 4.28. The Labute approximate surface area is 238 Å². The quantitative estimate of drug-likeness (QED) is 0.405. The number of rotatable bonds is 9. The summed E-state index contributed by atoms with van der Waals surface area (Å²) in [6, 6.07) is 6.23. The number of nitrogens with one attached hydrogen (secondary N) is 1. The van der Waals surface area contributed by atoms with E-state index in [9.17, 15) is 18.4 Å². The van der Waals surface area contributed by atoms with Crippen LogP contribution in [0.25, 0.3) is 0 Å². The molecule has 2 unspecified atom stereocenters. The number of carboxylic acids is 1. The summed E-state index contributed by atoms with van der Waals surface area (Å²) in [7, 11) is 1.74. The van der Waals surface area contributed by atoms with Gasteiger partial charge in [-0.05, 0) is 45.0 Å². The third-order valence-electron chi connectivity index (χ3n) is 6.02. The number of piperidine rings is 1. The smallest absolute Gasteiger partial charge is 0.337 e. The summed E-state index contributed by atoms with van der Waals surface area (Å²) in [6.07, 6.45) is 1.76. The van der Waals surface area contributed by atoms with Gasteiger partial charge in [0.2, 0.25) is 0 Å². The molecule has 0 saturated carbocycles. The van der Waals surface area contributed by atoms with Crippen molar-refractivity contribution >= 4 is 45.0 Å². The zero-order valence-corrected chi connectivity index (χ0v) is 24.2. The topological polar surface area (TPSA) is 107 Å². The number of likely N-dealkylation sites (tertiary alicyclic amines) is 1. The number of aromatic nitrogens is 1. The molecule has 212 valence electrons. The van der Waals surface area contributed by atoms with Crippen LogP contribution in [-0.4, -0.2) is 96.3 Å². The van der Waals surface area contributed by atoms with Crippen LogP contribution >= 0.6 is 27.3 Å². The summed E-state index contributed by atoms with van der Waals surface area (Å²) in [5.41, 5.74) is 1.04. The zero-order valence-electron chi connectivity index (χ0n) is 21.8. The molecule has 0 spiro atoms. The molecule has 0 aliphatic carbocycles. The van der Waals surface area contributed by atoms with E-state index in [2.05, 4.69) is 31.2 Å². The maximum absolute atomic E-state index is 14.3. The average Bonchev–Trinajstić information content (AvgIpc) is 3.41. The number of likely N-dealkylation sites (N-methyl/N-ethyl adjacent to an activating group) is 1. The molecule has 2 aliphatic rings. The van der Waals surface area contributed by atoms with Crippen molar-refractivity contribution in [2.45, 2.75) is 32.0 Å². The summed E-state index contributed by atoms with van der Waals surface area (Å²) in [4.78, 5) is 36.0. The maximum Gasteiger partial charge on any atom is 0.337 e. The number of aliphatic imine (C=N–C) groups is 1. The molecule has 0 bridgehead atoms. The molecule has 9 nitrogen and oxygen atoms in total. The normalized spacial score (nSPS) is 19.6. The molecule has 2 aromatic rings. The minimum absolute atomic E-state index is 0.0312. The molecule has 2 N–H and O–H groups in total. The number of hydrogen-bond acceptors (Lipinski definition) is 9. The van der Waals surface area contributed by atoms with E-state index in [0.29, 0.717) is 48.0 Å². The van der Waals surface area contributed by atoms with Crippen molar-refractivity contribution in [2.75, 3.05) is 46.4 Å². The Kier molecular flexibility index (Phi) is 12.0. The van der Waals surface area contributed by atoms with Gasteiger partial charge in [0.1, 0.15) is 12.0 Å². The van der Waals surface area contributed by atoms with Gasteiger partial charge in [0, 0.05) is 47.4 Å². The van der Waals surface area contributed by atoms with E-state index in [1.165, 1.54) is 23.5 Å². The zero-order chi connectivity index (χ0) is 28.4. The van der Waals surface area contributed by atoms with Gasteiger partial charge in [-0.25, -0.2) is 18.6 Å². The molecule has 0 radical (unpaired) electrons. The van der Waals surface area contributed by atoms with Crippen molar-refractivity contribution < 1.29 is 28.2 Å². The Morgan fingerprint density at radius 1 is 1.36 bits per heavy atom. The van der Waals surface area contributed by atoms with Crippen LogP contribution in [0.1, 0.15) is 24.8 Å². The number of benzene rings is 1. The number of hydrogen-bond donors (Lipinski definition) is 2. The van der Waals surface area contributed by atoms with Crippen molar-refractivity contribution in [3.8, 4) is 0 Å². The Morgan fingerprint density at radius 3 is 2.77 bits per heavy atom. The largest absolute Gasteiger partial charge is 0.480 e. The number of ether oxygens (including phenoxy) is 1. The molecular formula is C26H32BrF2N5O4S. The van der Waals surface area contributed by atoms with Crippen LogP contribution in [0.5, 0.6) is 0 Å². The van der Waals surface area contributed by atoms with Gasteiger partial charge in [-0.2, -0.15) is 0 Å². The van der Waals surface area contributed by atoms with Gasteiger partial charge in [-0.3, -0.25) is 19.6 Å². The lowest BCUT2D eigenvalue weighted by Crippen LogP contribution is -2.52. The van der Waals surface area contributed by atoms with Crippen LogP contribution in [0.4, 0.5) is 8.78 Å². The van der Waals surface area contributed by atoms with Gasteiger partial charge in [0.05, 0.1) is 25.3 Å². The molecule has 1 aromatic heterocycles. The highest BCUT2D eigenvalue weighted by molar-refractivity contribution is 9.10. The Morgan fingerprint density at radius 2 is 2.15 bits per heavy atom. The fraction of sp³-hybridized carbons (Fsp3) is 0.462. The first-order chi connectivity index (χ1) is 18.7. The van der Waals surface area contributed by atoms with E-state index < -0.39 is 18.1 Å². The Balaban J connectivity index is 0.000000449. The van der Waals surface area contributed by atoms with Crippen LogP contribution in [0.3, 0.4) is 0 Å². The van der Waals surface area contributed by atoms with E-state index in [1.807, 2.05) is 10.3 Å². The number of amidine groups is 1. The first-order valence-electron chi connectivity index (χ1n) is 12.5. The van der Waals surface area contributed by atoms with Gasteiger partial charge >= 0.3 is 11.9 Å². The van der Waals surface area contributed by atoms with E-state index in [0.717, 1.165) is 4.47 Å². The Hall–Kier alpha value is -2.74. The number of aliphatic carboxylic acids is 1. The molecule has 1 aromatic carbocycles. The lowest BCUT2D eigenvalue weighted by molar-refractivity contribution is -0.139. The van der Waals surface area contributed by atoms with E-state index in [4.69, 9.17) is 9.84 Å². The van der Waals surface area contributed by atoms with Gasteiger partial charge < -0.3 is 15.2 Å². The lowest BCUT2D eigenvalue weighted by Gasteiger charge is -2.40. The maximum atomic E-state index is 14.3. The van der Waals surface area contributed by atoms with Crippen molar-refractivity contribution in [3.63, 3.8) is 0 Å². The number of alkyl halides is 1. The van der Waals surface area contributed by atoms with Gasteiger partial charge in [-0.15, -0.1) is 11.3 Å². The molecule has 39 heavy (non-hydrogen) atoms. The monoisotopic (exact) mass is 627 g/mol. The summed E-state index contributed by atoms with van der Waals surface area (Å²) >= 11 is 4.56. The van der Waals surface area contributed by atoms with Crippen LogP contribution in [0, 0.1) is 5.82 Å². The fourth-order valence-corrected chi connectivity index (χ4v) is 5.25. The summed E-state index contributed by atoms with van der Waals surface area (Å²) in [5, 5.41) is 14.8. The minimum Gasteiger partial charge on any atom is -0.480 e. The number of halogens is 3. The van der Waals surface area contributed by atoms with E-state index >= 15 is 0 Å². The number of carbonyl (C=O) groups excluding carboxylic acids is 1. The van der Waals surface area contributed by atoms with Crippen molar-refractivity contribution in [2.24, 2.45) is 4.99 Å². The number of thiazole rings is 1.